The lowest BCUT2D eigenvalue weighted by Crippen LogP contribution is -2.12. The number of aromatic hydroxyl groups is 1. The second-order valence-electron chi connectivity index (χ2n) is 4.90. The van der Waals surface area contributed by atoms with Crippen LogP contribution in [0.1, 0.15) is 43.2 Å². The molecule has 4 heteroatoms. The number of phenolic OH excluding ortho intramolecular Hbond substituents is 1. The molecule has 0 aliphatic rings. The predicted octanol–water partition coefficient (Wildman–Crippen LogP) is 2.86. The molecule has 0 heterocycles. The summed E-state index contributed by atoms with van der Waals surface area (Å²) < 4.78 is 0. The summed E-state index contributed by atoms with van der Waals surface area (Å²) in [6.45, 7) is 4.36. The van der Waals surface area contributed by atoms with Crippen molar-refractivity contribution in [3.8, 4) is 5.75 Å². The number of unbranched alkanes of at least 4 members (excludes halogenated alkanes) is 3. The highest BCUT2D eigenvalue weighted by Gasteiger charge is 2.08. The number of benzene rings is 1. The Labute approximate surface area is 115 Å². The molecule has 0 aliphatic carbocycles. The second-order valence-corrected chi connectivity index (χ2v) is 4.90. The minimum Gasteiger partial charge on any atom is -0.507 e. The number of carbonyl (C=O) groups is 1. The lowest BCUT2D eigenvalue weighted by molar-refractivity contribution is -0.116. The van der Waals surface area contributed by atoms with E-state index in [1.165, 1.54) is 0 Å². The predicted molar refractivity (Wildman–Crippen MR) is 78.3 cm³/mol. The normalized spacial score (nSPS) is 10.5. The molecule has 0 bridgehead atoms. The van der Waals surface area contributed by atoms with Crippen molar-refractivity contribution in [2.24, 2.45) is 5.73 Å². The SMILES string of the molecule is Cc1ccc(NC(=O)CCCCCCN)c(C)c1O. The number of hydrogen-bond acceptors (Lipinski definition) is 3. The highest BCUT2D eigenvalue weighted by atomic mass is 16.3. The molecular weight excluding hydrogens is 240 g/mol. The zero-order chi connectivity index (χ0) is 14.3. The molecule has 4 N–H and O–H groups in total. The lowest BCUT2D eigenvalue weighted by Gasteiger charge is -2.11. The van der Waals surface area contributed by atoms with Gasteiger partial charge in [0.05, 0.1) is 0 Å². The van der Waals surface area contributed by atoms with Crippen LogP contribution < -0.4 is 11.1 Å². The molecule has 0 unspecified atom stereocenters. The van der Waals surface area contributed by atoms with Crippen LogP contribution >= 0.6 is 0 Å². The van der Waals surface area contributed by atoms with E-state index in [4.69, 9.17) is 5.73 Å². The fourth-order valence-electron chi connectivity index (χ4n) is 1.97. The summed E-state index contributed by atoms with van der Waals surface area (Å²) in [7, 11) is 0. The van der Waals surface area contributed by atoms with Crippen molar-refractivity contribution in [1.29, 1.82) is 0 Å². The first-order valence-electron chi connectivity index (χ1n) is 6.85. The molecule has 0 saturated heterocycles. The Kier molecular flexibility index (Phi) is 6.36. The average molecular weight is 264 g/mol. The topological polar surface area (TPSA) is 75.4 Å². The molecule has 0 fully saturated rings. The van der Waals surface area contributed by atoms with Gasteiger partial charge in [0.1, 0.15) is 5.75 Å². The molecule has 0 radical (unpaired) electrons. The van der Waals surface area contributed by atoms with E-state index >= 15 is 0 Å². The Hall–Kier alpha value is -1.55. The highest BCUT2D eigenvalue weighted by Crippen LogP contribution is 2.28. The smallest absolute Gasteiger partial charge is 0.224 e. The molecular formula is C15H24N2O2. The van der Waals surface area contributed by atoms with Gasteiger partial charge in [0.2, 0.25) is 5.91 Å². The maximum atomic E-state index is 11.8. The van der Waals surface area contributed by atoms with Crippen molar-refractivity contribution in [1.82, 2.24) is 0 Å². The van der Waals surface area contributed by atoms with E-state index in [9.17, 15) is 9.90 Å². The average Bonchev–Trinajstić information content (AvgIpc) is 2.39. The van der Waals surface area contributed by atoms with Gasteiger partial charge in [-0.25, -0.2) is 0 Å². The molecule has 4 nitrogen and oxygen atoms in total. The number of rotatable bonds is 7. The molecule has 19 heavy (non-hydrogen) atoms. The van der Waals surface area contributed by atoms with Crippen LogP contribution in [0.3, 0.4) is 0 Å². The van der Waals surface area contributed by atoms with Crippen LogP contribution in [0.15, 0.2) is 12.1 Å². The fourth-order valence-corrected chi connectivity index (χ4v) is 1.97. The number of nitrogens with one attached hydrogen (secondary N) is 1. The van der Waals surface area contributed by atoms with Crippen LogP contribution in [-0.2, 0) is 4.79 Å². The van der Waals surface area contributed by atoms with Gasteiger partial charge in [-0.3, -0.25) is 4.79 Å². The van der Waals surface area contributed by atoms with Crippen LogP contribution in [0.25, 0.3) is 0 Å². The number of hydrogen-bond donors (Lipinski definition) is 3. The van der Waals surface area contributed by atoms with Gasteiger partial charge in [-0.15, -0.1) is 0 Å². The zero-order valence-electron chi connectivity index (χ0n) is 11.8. The molecule has 1 amide bonds. The number of nitrogens with two attached hydrogens (primary N) is 1. The summed E-state index contributed by atoms with van der Waals surface area (Å²) in [5.41, 5.74) is 7.64. The lowest BCUT2D eigenvalue weighted by atomic mass is 10.1. The third-order valence-corrected chi connectivity index (χ3v) is 3.26. The first-order valence-corrected chi connectivity index (χ1v) is 6.85. The van der Waals surface area contributed by atoms with E-state index in [0.29, 0.717) is 18.7 Å². The first kappa shape index (κ1) is 15.5. The monoisotopic (exact) mass is 264 g/mol. The molecule has 0 spiro atoms. The largest absolute Gasteiger partial charge is 0.507 e. The Balaban J connectivity index is 2.42. The number of phenols is 1. The zero-order valence-corrected chi connectivity index (χ0v) is 11.8. The molecule has 0 saturated carbocycles. The van der Waals surface area contributed by atoms with Gasteiger partial charge in [-0.1, -0.05) is 18.9 Å². The molecule has 0 atom stereocenters. The Morgan fingerprint density at radius 1 is 1.21 bits per heavy atom. The number of aryl methyl sites for hydroxylation is 1. The van der Waals surface area contributed by atoms with Crippen LogP contribution in [0, 0.1) is 13.8 Å². The van der Waals surface area contributed by atoms with Crippen molar-refractivity contribution in [2.45, 2.75) is 46.0 Å². The Morgan fingerprint density at radius 2 is 1.89 bits per heavy atom. The van der Waals surface area contributed by atoms with E-state index in [1.807, 2.05) is 13.0 Å². The summed E-state index contributed by atoms with van der Waals surface area (Å²) in [4.78, 5) is 11.8. The van der Waals surface area contributed by atoms with Gasteiger partial charge >= 0.3 is 0 Å². The van der Waals surface area contributed by atoms with Gasteiger partial charge < -0.3 is 16.2 Å². The van der Waals surface area contributed by atoms with Gasteiger partial charge in [0.15, 0.2) is 0 Å². The molecule has 1 rings (SSSR count). The van der Waals surface area contributed by atoms with Crippen LogP contribution in [-0.4, -0.2) is 17.6 Å². The van der Waals surface area contributed by atoms with Gasteiger partial charge in [-0.05, 0) is 44.9 Å². The molecule has 106 valence electrons. The first-order chi connectivity index (χ1) is 9.06. The molecule has 1 aromatic carbocycles. The van der Waals surface area contributed by atoms with Crippen LogP contribution in [0.2, 0.25) is 0 Å². The second kappa shape index (κ2) is 7.79. The number of amides is 1. The minimum absolute atomic E-state index is 0.000832. The number of carbonyl (C=O) groups excluding carboxylic acids is 1. The maximum Gasteiger partial charge on any atom is 0.224 e. The van der Waals surface area contributed by atoms with Crippen molar-refractivity contribution < 1.29 is 9.90 Å². The third-order valence-electron chi connectivity index (χ3n) is 3.26. The standard InChI is InChI=1S/C15H24N2O2/c1-11-8-9-13(12(2)15(11)19)17-14(18)7-5-3-4-6-10-16/h8-9,19H,3-7,10,16H2,1-2H3,(H,17,18). The van der Waals surface area contributed by atoms with E-state index in [1.54, 1.807) is 13.0 Å². The van der Waals surface area contributed by atoms with Gasteiger partial charge in [0, 0.05) is 17.7 Å². The summed E-state index contributed by atoms with van der Waals surface area (Å²) in [5, 5.41) is 12.7. The van der Waals surface area contributed by atoms with Crippen molar-refractivity contribution in [3.63, 3.8) is 0 Å². The Morgan fingerprint density at radius 3 is 2.58 bits per heavy atom. The van der Waals surface area contributed by atoms with E-state index in [2.05, 4.69) is 5.32 Å². The van der Waals surface area contributed by atoms with E-state index in [-0.39, 0.29) is 11.7 Å². The molecule has 0 aromatic heterocycles. The van der Waals surface area contributed by atoms with Crippen molar-refractivity contribution in [3.05, 3.63) is 23.3 Å². The number of anilines is 1. The van der Waals surface area contributed by atoms with Crippen molar-refractivity contribution in [2.75, 3.05) is 11.9 Å². The third kappa shape index (κ3) is 4.91. The summed E-state index contributed by atoms with van der Waals surface area (Å²) in [6.07, 6.45) is 4.52. The van der Waals surface area contributed by atoms with Crippen LogP contribution in [0.5, 0.6) is 5.75 Å². The van der Waals surface area contributed by atoms with Crippen LogP contribution in [0.4, 0.5) is 5.69 Å². The van der Waals surface area contributed by atoms with Crippen molar-refractivity contribution >= 4 is 11.6 Å². The highest BCUT2D eigenvalue weighted by molar-refractivity contribution is 5.91. The summed E-state index contributed by atoms with van der Waals surface area (Å²) in [6, 6.07) is 3.63. The summed E-state index contributed by atoms with van der Waals surface area (Å²) >= 11 is 0. The maximum absolute atomic E-state index is 11.8. The Bertz CT molecular complexity index is 430. The summed E-state index contributed by atoms with van der Waals surface area (Å²) in [5.74, 6) is 0.250. The van der Waals surface area contributed by atoms with Gasteiger partial charge in [0.25, 0.3) is 0 Å². The van der Waals surface area contributed by atoms with E-state index < -0.39 is 0 Å². The molecule has 1 aromatic rings. The van der Waals surface area contributed by atoms with E-state index in [0.717, 1.165) is 36.8 Å². The fraction of sp³-hybridized carbons (Fsp3) is 0.533. The molecule has 0 aliphatic heterocycles. The van der Waals surface area contributed by atoms with Gasteiger partial charge in [-0.2, -0.15) is 0 Å². The minimum atomic E-state index is -0.000832. The quantitative estimate of drug-likeness (QED) is 0.663.